The maximum atomic E-state index is 13.1. The lowest BCUT2D eigenvalue weighted by Gasteiger charge is -2.23. The Balaban J connectivity index is 1.73. The van der Waals surface area contributed by atoms with Crippen molar-refractivity contribution in [1.82, 2.24) is 20.9 Å². The molecule has 2 aromatic rings. The first kappa shape index (κ1) is 24.3. The zero-order valence-corrected chi connectivity index (χ0v) is 19.6. The summed E-state index contributed by atoms with van der Waals surface area (Å²) in [5, 5.41) is 9.44. The van der Waals surface area contributed by atoms with Crippen molar-refractivity contribution in [2.45, 2.75) is 45.2 Å². The molecule has 3 amide bonds. The molecule has 0 radical (unpaired) electrons. The van der Waals surface area contributed by atoms with Gasteiger partial charge in [-0.05, 0) is 43.4 Å². The van der Waals surface area contributed by atoms with E-state index in [0.29, 0.717) is 30.8 Å². The maximum Gasteiger partial charge on any atom is 0.268 e. The molecule has 4 N–H and O–H groups in total. The molecule has 0 aliphatic carbocycles. The van der Waals surface area contributed by atoms with Crippen molar-refractivity contribution < 1.29 is 19.1 Å². The van der Waals surface area contributed by atoms with E-state index in [4.69, 9.17) is 4.74 Å². The van der Waals surface area contributed by atoms with Crippen LogP contribution < -0.4 is 20.7 Å². The number of aromatic nitrogens is 1. The van der Waals surface area contributed by atoms with Crippen LogP contribution in [0.5, 0.6) is 5.75 Å². The van der Waals surface area contributed by atoms with Crippen LogP contribution in [0.4, 0.5) is 0 Å². The van der Waals surface area contributed by atoms with Gasteiger partial charge in [-0.2, -0.15) is 0 Å². The van der Waals surface area contributed by atoms with Gasteiger partial charge < -0.3 is 25.7 Å². The molecule has 9 nitrogen and oxygen atoms in total. The Hall–Kier alpha value is -3.36. The van der Waals surface area contributed by atoms with E-state index >= 15 is 0 Å². The molecule has 3 rings (SSSR count). The minimum atomic E-state index is -0.726. The molecule has 33 heavy (non-hydrogen) atoms. The van der Waals surface area contributed by atoms with Gasteiger partial charge in [0.2, 0.25) is 11.8 Å². The van der Waals surface area contributed by atoms with Crippen LogP contribution in [0.1, 0.15) is 43.6 Å². The average molecular weight is 456 g/mol. The van der Waals surface area contributed by atoms with Crippen LogP contribution in [0.25, 0.3) is 10.9 Å². The number of carbonyl (C=O) groups excluding carboxylic acids is 3. The fraction of sp³-hybridized carbons (Fsp3) is 0.500. The predicted octanol–water partition coefficient (Wildman–Crippen LogP) is 2.03. The number of nitrogens with zero attached hydrogens (tertiary/aromatic N) is 1. The molecule has 3 atom stereocenters. The summed E-state index contributed by atoms with van der Waals surface area (Å²) in [6.45, 7) is 4.64. The first-order chi connectivity index (χ1) is 15.8. The number of hydrogen-bond acceptors (Lipinski definition) is 5. The second kappa shape index (κ2) is 11.0. The van der Waals surface area contributed by atoms with Gasteiger partial charge in [0.15, 0.2) is 0 Å². The number of H-pyrrole nitrogens is 1. The van der Waals surface area contributed by atoms with Crippen LogP contribution in [0.15, 0.2) is 29.3 Å². The Morgan fingerprint density at radius 2 is 2.09 bits per heavy atom. The topological polar surface area (TPSA) is 125 Å². The maximum absolute atomic E-state index is 13.1. The molecule has 1 fully saturated rings. The van der Waals surface area contributed by atoms with Crippen molar-refractivity contribution in [3.05, 3.63) is 30.0 Å². The normalized spacial score (nSPS) is 17.8. The molecule has 9 heteroatoms. The molecule has 1 aliphatic rings. The highest BCUT2D eigenvalue weighted by molar-refractivity contribution is 6.01. The lowest BCUT2D eigenvalue weighted by Crippen LogP contribution is -2.51. The summed E-state index contributed by atoms with van der Waals surface area (Å²) in [4.78, 5) is 45.2. The van der Waals surface area contributed by atoms with E-state index in [1.54, 1.807) is 26.4 Å². The smallest absolute Gasteiger partial charge is 0.268 e. The van der Waals surface area contributed by atoms with Crippen LogP contribution in [0, 0.1) is 11.8 Å². The van der Waals surface area contributed by atoms with E-state index in [-0.39, 0.29) is 35.6 Å². The summed E-state index contributed by atoms with van der Waals surface area (Å²) < 4.78 is 5.36. The lowest BCUT2D eigenvalue weighted by atomic mass is 9.97. The van der Waals surface area contributed by atoms with Gasteiger partial charge in [-0.3, -0.25) is 19.4 Å². The second-order valence-electron chi connectivity index (χ2n) is 8.79. The highest BCUT2D eigenvalue weighted by Gasteiger charge is 2.30. The fourth-order valence-electron chi connectivity index (χ4n) is 4.16. The van der Waals surface area contributed by atoms with E-state index in [9.17, 15) is 14.4 Å². The first-order valence-electron chi connectivity index (χ1n) is 11.3. The third-order valence-electron chi connectivity index (χ3n) is 5.78. The summed E-state index contributed by atoms with van der Waals surface area (Å²) in [5.41, 5.74) is 1.13. The van der Waals surface area contributed by atoms with Gasteiger partial charge in [0, 0.05) is 36.6 Å². The SMILES string of the molecule is C/N=C/C(CC1CCNC1=O)NC(=O)C(CC(C)C)NC(=O)c1cc2c(OC)cccc2[nH]1. The van der Waals surface area contributed by atoms with E-state index < -0.39 is 6.04 Å². The Morgan fingerprint density at radius 3 is 2.73 bits per heavy atom. The molecule has 178 valence electrons. The minimum absolute atomic E-state index is 0.0000227. The number of nitrogens with one attached hydrogen (secondary N) is 4. The first-order valence-corrected chi connectivity index (χ1v) is 11.3. The number of aliphatic imine (C=N–C) groups is 1. The number of methoxy groups -OCH3 is 1. The third-order valence-corrected chi connectivity index (χ3v) is 5.78. The third kappa shape index (κ3) is 6.12. The van der Waals surface area contributed by atoms with Gasteiger partial charge in [-0.1, -0.05) is 19.9 Å². The Bertz CT molecular complexity index is 1030. The molecule has 1 saturated heterocycles. The number of amides is 3. The summed E-state index contributed by atoms with van der Waals surface area (Å²) in [7, 11) is 3.21. The van der Waals surface area contributed by atoms with Crippen molar-refractivity contribution in [3.8, 4) is 5.75 Å². The highest BCUT2D eigenvalue weighted by atomic mass is 16.5. The van der Waals surface area contributed by atoms with Crippen molar-refractivity contribution in [2.75, 3.05) is 20.7 Å². The zero-order chi connectivity index (χ0) is 24.0. The Kier molecular flexibility index (Phi) is 8.08. The number of hydrogen-bond donors (Lipinski definition) is 4. The van der Waals surface area contributed by atoms with Gasteiger partial charge in [-0.15, -0.1) is 0 Å². The molecule has 3 unspecified atom stereocenters. The highest BCUT2D eigenvalue weighted by Crippen LogP contribution is 2.26. The van der Waals surface area contributed by atoms with E-state index in [0.717, 1.165) is 17.3 Å². The molecular formula is C24H33N5O4. The average Bonchev–Trinajstić information content (AvgIpc) is 3.39. The summed E-state index contributed by atoms with van der Waals surface area (Å²) in [6, 6.07) is 6.14. The van der Waals surface area contributed by atoms with Crippen molar-refractivity contribution in [1.29, 1.82) is 0 Å². The lowest BCUT2D eigenvalue weighted by molar-refractivity contribution is -0.125. The monoisotopic (exact) mass is 455 g/mol. The van der Waals surface area contributed by atoms with Crippen LogP contribution in [-0.2, 0) is 9.59 Å². The van der Waals surface area contributed by atoms with Gasteiger partial charge in [0.05, 0.1) is 13.2 Å². The molecule has 1 aromatic heterocycles. The summed E-state index contributed by atoms with van der Waals surface area (Å²) in [6.07, 6.45) is 3.32. The molecule has 2 heterocycles. The predicted molar refractivity (Wildman–Crippen MR) is 128 cm³/mol. The standard InChI is InChI=1S/C24H33N5O4/c1-14(2)10-19(23(31)27-16(13-25-3)11-15-8-9-26-22(15)30)29-24(32)20-12-17-18(28-20)6-5-7-21(17)33-4/h5-7,12-16,19,28H,8-11H2,1-4H3,(H,26,30)(H,27,31)(H,29,32)/b25-13+. The number of rotatable bonds is 10. The molecule has 0 bridgehead atoms. The van der Waals surface area contributed by atoms with E-state index in [2.05, 4.69) is 25.9 Å². The molecule has 0 saturated carbocycles. The van der Waals surface area contributed by atoms with Crippen molar-refractivity contribution in [2.24, 2.45) is 16.8 Å². The van der Waals surface area contributed by atoms with Crippen LogP contribution in [0.3, 0.4) is 0 Å². The van der Waals surface area contributed by atoms with Crippen LogP contribution in [-0.4, -0.2) is 61.7 Å². The number of ether oxygens (including phenoxy) is 1. The van der Waals surface area contributed by atoms with Gasteiger partial charge in [-0.25, -0.2) is 0 Å². The molecule has 1 aliphatic heterocycles. The Labute approximate surface area is 193 Å². The minimum Gasteiger partial charge on any atom is -0.496 e. The van der Waals surface area contributed by atoms with E-state index in [1.807, 2.05) is 32.0 Å². The Morgan fingerprint density at radius 1 is 1.30 bits per heavy atom. The van der Waals surface area contributed by atoms with Gasteiger partial charge in [0.25, 0.3) is 5.91 Å². The van der Waals surface area contributed by atoms with Crippen LogP contribution >= 0.6 is 0 Å². The van der Waals surface area contributed by atoms with Gasteiger partial charge >= 0.3 is 0 Å². The fourth-order valence-corrected chi connectivity index (χ4v) is 4.16. The van der Waals surface area contributed by atoms with Crippen molar-refractivity contribution >= 4 is 34.8 Å². The quantitative estimate of drug-likeness (QED) is 0.409. The van der Waals surface area contributed by atoms with Crippen molar-refractivity contribution in [3.63, 3.8) is 0 Å². The molecule has 0 spiro atoms. The summed E-state index contributed by atoms with van der Waals surface area (Å²) in [5.74, 6) is 0.0199. The van der Waals surface area contributed by atoms with E-state index in [1.165, 1.54) is 0 Å². The number of fused-ring (bicyclic) bond motifs is 1. The number of carbonyl (C=O) groups is 3. The summed E-state index contributed by atoms with van der Waals surface area (Å²) >= 11 is 0. The number of benzene rings is 1. The molecule has 1 aromatic carbocycles. The zero-order valence-electron chi connectivity index (χ0n) is 19.6. The largest absolute Gasteiger partial charge is 0.496 e. The molecular weight excluding hydrogens is 422 g/mol. The second-order valence-corrected chi connectivity index (χ2v) is 8.79. The van der Waals surface area contributed by atoms with Crippen LogP contribution in [0.2, 0.25) is 0 Å². The number of aromatic amines is 1. The van der Waals surface area contributed by atoms with Gasteiger partial charge in [0.1, 0.15) is 17.5 Å².